The number of halogens is 1. The van der Waals surface area contributed by atoms with Gasteiger partial charge in [-0.15, -0.1) is 0 Å². The molecular weight excluding hydrogens is 192 g/mol. The van der Waals surface area contributed by atoms with Crippen LogP contribution in [0.15, 0.2) is 18.2 Å². The van der Waals surface area contributed by atoms with Crippen LogP contribution in [-0.2, 0) is 6.54 Å². The number of hydrogen-bond donors (Lipinski definition) is 3. The molecule has 0 bridgehead atoms. The second-order valence-corrected chi connectivity index (χ2v) is 2.81. The Kier molecular flexibility index (Phi) is 3.56. The average Bonchev–Trinajstić information content (AvgIpc) is 2.07. The Morgan fingerprint density at radius 3 is 2.69 bits per heavy atom. The summed E-state index contributed by atoms with van der Waals surface area (Å²) in [5.41, 5.74) is 6.08. The van der Waals surface area contributed by atoms with E-state index in [0.717, 1.165) is 0 Å². The fraction of sp³-hybridized carbons (Fsp3) is 0.143. The molecule has 1 aromatic rings. The monoisotopic (exact) mass is 201 g/mol. The normalized spacial score (nSPS) is 9.85. The van der Waals surface area contributed by atoms with Gasteiger partial charge < -0.3 is 20.4 Å². The number of rotatable bonds is 3. The molecule has 0 spiro atoms. The molecule has 1 aromatic carbocycles. The maximum absolute atomic E-state index is 8.51. The molecule has 0 atom stereocenters. The summed E-state index contributed by atoms with van der Waals surface area (Å²) in [6, 6.07) is 4.67. The average molecular weight is 201 g/mol. The summed E-state index contributed by atoms with van der Waals surface area (Å²) >= 11 is 5.77. The van der Waals surface area contributed by atoms with E-state index in [-0.39, 0.29) is 6.54 Å². The van der Waals surface area contributed by atoms with Crippen LogP contribution in [0.2, 0.25) is 5.02 Å². The maximum Gasteiger partial charge on any atom is 0.707 e. The largest absolute Gasteiger partial charge is 0.707 e. The molecule has 1 rings (SSSR count). The lowest BCUT2D eigenvalue weighted by molar-refractivity contribution is 0.288. The van der Waals surface area contributed by atoms with Gasteiger partial charge in [0, 0.05) is 11.6 Å². The Hall–Kier alpha value is -0.745. The van der Waals surface area contributed by atoms with E-state index in [1.807, 2.05) is 0 Å². The van der Waals surface area contributed by atoms with Crippen molar-refractivity contribution in [2.24, 2.45) is 5.73 Å². The van der Waals surface area contributed by atoms with Gasteiger partial charge in [0.2, 0.25) is 0 Å². The van der Waals surface area contributed by atoms with E-state index < -0.39 is 7.32 Å². The minimum atomic E-state index is -1.83. The van der Waals surface area contributed by atoms with Crippen molar-refractivity contribution in [1.82, 2.24) is 0 Å². The molecule has 0 saturated carbocycles. The van der Waals surface area contributed by atoms with Crippen LogP contribution in [0.1, 0.15) is 5.56 Å². The van der Waals surface area contributed by atoms with Gasteiger partial charge >= 0.3 is 7.32 Å². The predicted octanol–water partition coefficient (Wildman–Crippen LogP) is 0.147. The molecule has 4 N–H and O–H groups in total. The van der Waals surface area contributed by atoms with Crippen LogP contribution in [0, 0.1) is 0 Å². The standard InChI is InChI=1S/C7H9BClNO3/c9-7-2-1-6(13-8(11)12)3-5(7)4-10/h1-3,11-12H,4,10H2. The second-order valence-electron chi connectivity index (χ2n) is 2.40. The van der Waals surface area contributed by atoms with Gasteiger partial charge in [0.05, 0.1) is 0 Å². The molecule has 0 amide bonds. The van der Waals surface area contributed by atoms with Crippen LogP contribution in [0.4, 0.5) is 0 Å². The first kappa shape index (κ1) is 10.3. The van der Waals surface area contributed by atoms with E-state index in [0.29, 0.717) is 16.3 Å². The van der Waals surface area contributed by atoms with E-state index in [1.165, 1.54) is 6.07 Å². The topological polar surface area (TPSA) is 75.7 Å². The van der Waals surface area contributed by atoms with Crippen LogP contribution < -0.4 is 10.4 Å². The fourth-order valence-electron chi connectivity index (χ4n) is 0.903. The molecule has 4 nitrogen and oxygen atoms in total. The zero-order valence-electron chi connectivity index (χ0n) is 6.77. The Morgan fingerprint density at radius 1 is 1.46 bits per heavy atom. The van der Waals surface area contributed by atoms with Crippen LogP contribution >= 0.6 is 11.6 Å². The summed E-state index contributed by atoms with van der Waals surface area (Å²) in [6.07, 6.45) is 0. The summed E-state index contributed by atoms with van der Waals surface area (Å²) in [4.78, 5) is 0. The minimum absolute atomic E-state index is 0.275. The lowest BCUT2D eigenvalue weighted by Gasteiger charge is -2.07. The highest BCUT2D eigenvalue weighted by molar-refractivity contribution is 6.34. The molecule has 0 saturated heterocycles. The summed E-state index contributed by atoms with van der Waals surface area (Å²) in [5, 5.41) is 17.5. The van der Waals surface area contributed by atoms with Crippen molar-refractivity contribution in [3.05, 3.63) is 28.8 Å². The smallest absolute Gasteiger partial charge is 0.512 e. The van der Waals surface area contributed by atoms with Crippen molar-refractivity contribution in [3.63, 3.8) is 0 Å². The summed E-state index contributed by atoms with van der Waals surface area (Å²) in [5.74, 6) is 0.319. The summed E-state index contributed by atoms with van der Waals surface area (Å²) in [6.45, 7) is 0.275. The van der Waals surface area contributed by atoms with Crippen LogP contribution in [0.5, 0.6) is 5.75 Å². The predicted molar refractivity (Wildman–Crippen MR) is 50.2 cm³/mol. The van der Waals surface area contributed by atoms with Gasteiger partial charge in [0.1, 0.15) is 5.75 Å². The van der Waals surface area contributed by atoms with Gasteiger partial charge in [-0.3, -0.25) is 0 Å². The molecule has 0 aromatic heterocycles. The first-order chi connectivity index (χ1) is 6.13. The highest BCUT2D eigenvalue weighted by Gasteiger charge is 2.11. The Balaban J connectivity index is 2.86. The fourth-order valence-corrected chi connectivity index (χ4v) is 1.10. The third-order valence-corrected chi connectivity index (χ3v) is 1.85. The molecule has 6 heteroatoms. The summed E-state index contributed by atoms with van der Waals surface area (Å²) < 4.78 is 4.61. The Bertz CT molecular complexity index is 295. The van der Waals surface area contributed by atoms with E-state index in [2.05, 4.69) is 4.65 Å². The Morgan fingerprint density at radius 2 is 2.15 bits per heavy atom. The van der Waals surface area contributed by atoms with Gasteiger partial charge in [0.15, 0.2) is 0 Å². The van der Waals surface area contributed by atoms with Gasteiger partial charge in [-0.25, -0.2) is 0 Å². The third-order valence-electron chi connectivity index (χ3n) is 1.48. The molecule has 0 radical (unpaired) electrons. The molecule has 0 aliphatic rings. The minimum Gasteiger partial charge on any atom is -0.512 e. The third kappa shape index (κ3) is 2.89. The van der Waals surface area contributed by atoms with Crippen molar-refractivity contribution < 1.29 is 14.7 Å². The molecule has 13 heavy (non-hydrogen) atoms. The molecule has 0 fully saturated rings. The number of benzene rings is 1. The molecule has 0 heterocycles. The van der Waals surface area contributed by atoms with Gasteiger partial charge in [-0.1, -0.05) is 11.6 Å². The number of hydrogen-bond acceptors (Lipinski definition) is 4. The first-order valence-corrected chi connectivity index (χ1v) is 4.02. The maximum atomic E-state index is 8.51. The molecule has 70 valence electrons. The zero-order chi connectivity index (χ0) is 9.84. The lowest BCUT2D eigenvalue weighted by atomic mass is 10.2. The molecule has 0 aliphatic carbocycles. The molecule has 0 unspecified atom stereocenters. The SMILES string of the molecule is NCc1cc(OB(O)O)ccc1Cl. The van der Waals surface area contributed by atoms with Crippen molar-refractivity contribution in [2.45, 2.75) is 6.54 Å². The summed E-state index contributed by atoms with van der Waals surface area (Å²) in [7, 11) is -1.83. The molecular formula is C7H9BClNO3. The second kappa shape index (κ2) is 4.48. The Labute approximate surface area is 81.1 Å². The van der Waals surface area contributed by atoms with Crippen molar-refractivity contribution in [3.8, 4) is 5.75 Å². The highest BCUT2D eigenvalue weighted by atomic mass is 35.5. The van der Waals surface area contributed by atoms with E-state index in [4.69, 9.17) is 27.4 Å². The van der Waals surface area contributed by atoms with Crippen LogP contribution in [0.3, 0.4) is 0 Å². The lowest BCUT2D eigenvalue weighted by Crippen LogP contribution is -2.20. The van der Waals surface area contributed by atoms with E-state index >= 15 is 0 Å². The van der Waals surface area contributed by atoms with Crippen molar-refractivity contribution >= 4 is 18.9 Å². The van der Waals surface area contributed by atoms with Crippen LogP contribution in [0.25, 0.3) is 0 Å². The van der Waals surface area contributed by atoms with Gasteiger partial charge in [0.25, 0.3) is 0 Å². The molecule has 0 aliphatic heterocycles. The zero-order valence-corrected chi connectivity index (χ0v) is 7.53. The van der Waals surface area contributed by atoms with Crippen LogP contribution in [-0.4, -0.2) is 17.4 Å². The van der Waals surface area contributed by atoms with Gasteiger partial charge in [-0.05, 0) is 23.8 Å². The van der Waals surface area contributed by atoms with Crippen molar-refractivity contribution in [1.29, 1.82) is 0 Å². The number of nitrogens with two attached hydrogens (primary N) is 1. The first-order valence-electron chi connectivity index (χ1n) is 3.65. The van der Waals surface area contributed by atoms with E-state index in [9.17, 15) is 0 Å². The quantitative estimate of drug-likeness (QED) is 0.609. The van der Waals surface area contributed by atoms with E-state index in [1.54, 1.807) is 12.1 Å². The van der Waals surface area contributed by atoms with Gasteiger partial charge in [-0.2, -0.15) is 0 Å². The highest BCUT2D eigenvalue weighted by Crippen LogP contribution is 2.21. The van der Waals surface area contributed by atoms with Crippen molar-refractivity contribution in [2.75, 3.05) is 0 Å².